The molecule has 1 heterocycles. The zero-order valence-corrected chi connectivity index (χ0v) is 21.1. The molecule has 1 unspecified atom stereocenters. The van der Waals surface area contributed by atoms with E-state index in [9.17, 15) is 23.9 Å². The number of ether oxygens (including phenoxy) is 3. The first kappa shape index (κ1) is 26.4. The molecule has 1 aliphatic heterocycles. The average molecular weight is 520 g/mol. The number of carbonyl (C=O) groups excluding carboxylic acids is 3. The highest BCUT2D eigenvalue weighted by molar-refractivity contribution is 6.46. The fourth-order valence-electron chi connectivity index (χ4n) is 4.43. The summed E-state index contributed by atoms with van der Waals surface area (Å²) in [5.41, 5.74) is 1.70. The summed E-state index contributed by atoms with van der Waals surface area (Å²) in [4.78, 5) is 39.7. The zero-order valence-electron chi connectivity index (χ0n) is 21.1. The lowest BCUT2D eigenvalue weighted by molar-refractivity contribution is -0.139. The summed E-state index contributed by atoms with van der Waals surface area (Å²) in [6, 6.07) is 15.6. The van der Waals surface area contributed by atoms with Crippen molar-refractivity contribution in [1.29, 1.82) is 0 Å². The standard InChI is InChI=1S/C29H26FNO7/c1-36-22-13-4-17(16-23(22)37-2)14-15-31-25(18-5-7-20(8-6-18)29(35)38-3)24(27(33)28(31)34)26(32)19-9-11-21(30)12-10-19/h4-13,16,25,32H,14-15H2,1-3H3. The molecule has 0 aromatic heterocycles. The molecule has 1 aliphatic rings. The normalized spacial score (nSPS) is 16.4. The second-order valence-electron chi connectivity index (χ2n) is 8.55. The summed E-state index contributed by atoms with van der Waals surface area (Å²) < 4.78 is 28.9. The highest BCUT2D eigenvalue weighted by atomic mass is 19.1. The van der Waals surface area contributed by atoms with Crippen LogP contribution in [-0.4, -0.2) is 55.5 Å². The third-order valence-corrected chi connectivity index (χ3v) is 6.39. The summed E-state index contributed by atoms with van der Waals surface area (Å²) in [7, 11) is 4.32. The Hall–Kier alpha value is -4.66. The number of aliphatic hydroxyl groups is 1. The predicted octanol–water partition coefficient (Wildman–Crippen LogP) is 4.29. The first-order valence-corrected chi connectivity index (χ1v) is 11.7. The molecular formula is C29H26FNO7. The van der Waals surface area contributed by atoms with Gasteiger partial charge in [0.15, 0.2) is 11.5 Å². The number of methoxy groups -OCH3 is 3. The van der Waals surface area contributed by atoms with Gasteiger partial charge in [-0.3, -0.25) is 9.59 Å². The second kappa shape index (κ2) is 11.2. The van der Waals surface area contributed by atoms with Gasteiger partial charge in [0.2, 0.25) is 0 Å². The smallest absolute Gasteiger partial charge is 0.337 e. The van der Waals surface area contributed by atoms with Crippen LogP contribution in [0.3, 0.4) is 0 Å². The van der Waals surface area contributed by atoms with Crippen LogP contribution in [0.2, 0.25) is 0 Å². The molecule has 3 aromatic rings. The number of rotatable bonds is 8. The minimum atomic E-state index is -0.938. The molecule has 0 bridgehead atoms. The number of aliphatic hydroxyl groups excluding tert-OH is 1. The summed E-state index contributed by atoms with van der Waals surface area (Å²) in [5.74, 6) is -2.02. The van der Waals surface area contributed by atoms with Gasteiger partial charge in [0.05, 0.1) is 38.5 Å². The van der Waals surface area contributed by atoms with Crippen LogP contribution in [-0.2, 0) is 20.7 Å². The lowest BCUT2D eigenvalue weighted by atomic mass is 9.94. The van der Waals surface area contributed by atoms with Crippen molar-refractivity contribution in [2.75, 3.05) is 27.9 Å². The first-order chi connectivity index (χ1) is 18.3. The minimum Gasteiger partial charge on any atom is -0.507 e. The van der Waals surface area contributed by atoms with Crippen molar-refractivity contribution in [3.05, 3.63) is 100 Å². The van der Waals surface area contributed by atoms with E-state index >= 15 is 0 Å². The molecule has 0 radical (unpaired) electrons. The lowest BCUT2D eigenvalue weighted by Crippen LogP contribution is -2.31. The van der Waals surface area contributed by atoms with E-state index in [2.05, 4.69) is 0 Å². The Bertz CT molecular complexity index is 1400. The van der Waals surface area contributed by atoms with Crippen molar-refractivity contribution in [1.82, 2.24) is 4.90 Å². The van der Waals surface area contributed by atoms with Gasteiger partial charge in [-0.05, 0) is 66.1 Å². The molecule has 0 saturated carbocycles. The fraction of sp³-hybridized carbons (Fsp3) is 0.207. The Balaban J connectivity index is 1.75. The molecule has 8 nitrogen and oxygen atoms in total. The number of nitrogens with zero attached hydrogens (tertiary/aromatic N) is 1. The molecule has 0 spiro atoms. The van der Waals surface area contributed by atoms with E-state index in [0.29, 0.717) is 23.5 Å². The van der Waals surface area contributed by atoms with Crippen LogP contribution in [0.5, 0.6) is 11.5 Å². The summed E-state index contributed by atoms with van der Waals surface area (Å²) in [6.45, 7) is 0.143. The quantitative estimate of drug-likeness (QED) is 0.205. The van der Waals surface area contributed by atoms with Crippen LogP contribution in [0.1, 0.15) is 33.1 Å². The number of ketones is 1. The minimum absolute atomic E-state index is 0.125. The molecule has 3 aromatic carbocycles. The summed E-state index contributed by atoms with van der Waals surface area (Å²) in [5, 5.41) is 11.1. The van der Waals surface area contributed by atoms with Crippen molar-refractivity contribution < 1.29 is 38.1 Å². The van der Waals surface area contributed by atoms with Crippen LogP contribution in [0.15, 0.2) is 72.3 Å². The van der Waals surface area contributed by atoms with Crippen molar-refractivity contribution >= 4 is 23.4 Å². The van der Waals surface area contributed by atoms with E-state index in [1.807, 2.05) is 6.07 Å². The van der Waals surface area contributed by atoms with Gasteiger partial charge in [-0.2, -0.15) is 0 Å². The SMILES string of the molecule is COC(=O)c1ccc(C2C(=C(O)c3ccc(F)cc3)C(=O)C(=O)N2CCc2ccc(OC)c(OC)c2)cc1. The van der Waals surface area contributed by atoms with E-state index in [0.717, 1.165) is 17.7 Å². The van der Waals surface area contributed by atoms with Gasteiger partial charge >= 0.3 is 5.97 Å². The van der Waals surface area contributed by atoms with Gasteiger partial charge in [0.25, 0.3) is 11.7 Å². The number of hydrogen-bond donors (Lipinski definition) is 1. The first-order valence-electron chi connectivity index (χ1n) is 11.7. The van der Waals surface area contributed by atoms with Crippen LogP contribution in [0, 0.1) is 5.82 Å². The lowest BCUT2D eigenvalue weighted by Gasteiger charge is -2.25. The largest absolute Gasteiger partial charge is 0.507 e. The van der Waals surface area contributed by atoms with E-state index in [4.69, 9.17) is 14.2 Å². The molecule has 9 heteroatoms. The number of hydrogen-bond acceptors (Lipinski definition) is 7. The molecule has 1 saturated heterocycles. The third-order valence-electron chi connectivity index (χ3n) is 6.39. The molecule has 38 heavy (non-hydrogen) atoms. The monoisotopic (exact) mass is 519 g/mol. The number of esters is 1. The van der Waals surface area contributed by atoms with Crippen molar-refractivity contribution in [2.45, 2.75) is 12.5 Å². The number of halogens is 1. The van der Waals surface area contributed by atoms with Crippen LogP contribution in [0.4, 0.5) is 4.39 Å². The Labute approximate surface area is 218 Å². The predicted molar refractivity (Wildman–Crippen MR) is 136 cm³/mol. The van der Waals surface area contributed by atoms with E-state index < -0.39 is 35.3 Å². The average Bonchev–Trinajstić information content (AvgIpc) is 3.20. The molecule has 196 valence electrons. The molecule has 1 fully saturated rings. The van der Waals surface area contributed by atoms with E-state index in [1.54, 1.807) is 24.3 Å². The molecule has 1 N–H and O–H groups in total. The van der Waals surface area contributed by atoms with E-state index in [-0.39, 0.29) is 23.2 Å². The van der Waals surface area contributed by atoms with Gasteiger partial charge in [-0.1, -0.05) is 18.2 Å². The number of Topliss-reactive ketones (excluding diaryl/α,β-unsaturated/α-hetero) is 1. The topological polar surface area (TPSA) is 102 Å². The Morgan fingerprint density at radius 2 is 1.53 bits per heavy atom. The maximum absolute atomic E-state index is 13.5. The molecule has 1 atom stereocenters. The van der Waals surface area contributed by atoms with Gasteiger partial charge in [-0.25, -0.2) is 9.18 Å². The zero-order chi connectivity index (χ0) is 27.4. The number of benzene rings is 3. The number of carbonyl (C=O) groups is 3. The second-order valence-corrected chi connectivity index (χ2v) is 8.55. The maximum atomic E-state index is 13.5. The summed E-state index contributed by atoms with van der Waals surface area (Å²) >= 11 is 0. The van der Waals surface area contributed by atoms with Crippen LogP contribution >= 0.6 is 0 Å². The third kappa shape index (κ3) is 5.08. The van der Waals surface area contributed by atoms with E-state index in [1.165, 1.54) is 50.5 Å². The van der Waals surface area contributed by atoms with Crippen LogP contribution in [0.25, 0.3) is 5.76 Å². The van der Waals surface area contributed by atoms with Gasteiger partial charge in [0.1, 0.15) is 11.6 Å². The highest BCUT2D eigenvalue weighted by Gasteiger charge is 2.45. The van der Waals surface area contributed by atoms with Crippen molar-refractivity contribution in [3.63, 3.8) is 0 Å². The van der Waals surface area contributed by atoms with Crippen LogP contribution < -0.4 is 9.47 Å². The summed E-state index contributed by atoms with van der Waals surface area (Å²) in [6.07, 6.45) is 0.376. The van der Waals surface area contributed by atoms with Crippen molar-refractivity contribution in [2.24, 2.45) is 0 Å². The molecule has 4 rings (SSSR count). The fourth-order valence-corrected chi connectivity index (χ4v) is 4.43. The van der Waals surface area contributed by atoms with Gasteiger partial charge < -0.3 is 24.2 Å². The number of amides is 1. The Morgan fingerprint density at radius 3 is 2.13 bits per heavy atom. The molecular weight excluding hydrogens is 493 g/mol. The molecule has 1 amide bonds. The van der Waals surface area contributed by atoms with Gasteiger partial charge in [0, 0.05) is 12.1 Å². The van der Waals surface area contributed by atoms with Crippen molar-refractivity contribution in [3.8, 4) is 11.5 Å². The highest BCUT2D eigenvalue weighted by Crippen LogP contribution is 2.40. The van der Waals surface area contributed by atoms with Gasteiger partial charge in [-0.15, -0.1) is 0 Å². The Morgan fingerprint density at radius 1 is 0.895 bits per heavy atom. The Kier molecular flexibility index (Phi) is 7.76. The maximum Gasteiger partial charge on any atom is 0.337 e. The number of likely N-dealkylation sites (tertiary alicyclic amines) is 1. The molecule has 0 aliphatic carbocycles.